The van der Waals surface area contributed by atoms with E-state index < -0.39 is 0 Å². The van der Waals surface area contributed by atoms with Crippen molar-refractivity contribution in [2.45, 2.75) is 27.2 Å². The molecule has 2 heterocycles. The number of H-pyrrole nitrogens is 1. The summed E-state index contributed by atoms with van der Waals surface area (Å²) in [6.07, 6.45) is 4.04. The predicted molar refractivity (Wildman–Crippen MR) is 73.9 cm³/mol. The maximum absolute atomic E-state index is 11.9. The average Bonchev–Trinajstić information content (AvgIpc) is 2.75. The zero-order valence-electron chi connectivity index (χ0n) is 11.4. The Morgan fingerprint density at radius 1 is 1.42 bits per heavy atom. The molecule has 0 saturated heterocycles. The van der Waals surface area contributed by atoms with Gasteiger partial charge in [-0.25, -0.2) is 0 Å². The molecule has 0 bridgehead atoms. The number of hydrogen-bond acceptors (Lipinski definition) is 3. The molecule has 0 aliphatic rings. The van der Waals surface area contributed by atoms with Gasteiger partial charge in [0.05, 0.1) is 5.56 Å². The zero-order chi connectivity index (χ0) is 13.9. The van der Waals surface area contributed by atoms with Crippen LogP contribution in [0.25, 0.3) is 0 Å². The highest BCUT2D eigenvalue weighted by Crippen LogP contribution is 2.20. The summed E-state index contributed by atoms with van der Waals surface area (Å²) in [7, 11) is 0. The van der Waals surface area contributed by atoms with Crippen molar-refractivity contribution < 1.29 is 4.79 Å². The number of anilines is 1. The van der Waals surface area contributed by atoms with Gasteiger partial charge in [0.15, 0.2) is 5.82 Å². The van der Waals surface area contributed by atoms with Crippen molar-refractivity contribution in [1.29, 1.82) is 0 Å². The van der Waals surface area contributed by atoms with Gasteiger partial charge in [-0.3, -0.25) is 14.9 Å². The molecule has 5 heteroatoms. The third kappa shape index (κ3) is 3.91. The van der Waals surface area contributed by atoms with Gasteiger partial charge in [-0.1, -0.05) is 20.8 Å². The van der Waals surface area contributed by atoms with Crippen molar-refractivity contribution in [3.63, 3.8) is 0 Å². The summed E-state index contributed by atoms with van der Waals surface area (Å²) in [5.74, 6) is 0.329. The number of pyridine rings is 1. The van der Waals surface area contributed by atoms with Gasteiger partial charge < -0.3 is 5.32 Å². The van der Waals surface area contributed by atoms with Crippen LogP contribution < -0.4 is 5.32 Å². The van der Waals surface area contributed by atoms with Crippen LogP contribution >= 0.6 is 0 Å². The summed E-state index contributed by atoms with van der Waals surface area (Å²) in [5, 5.41) is 9.77. The van der Waals surface area contributed by atoms with Crippen molar-refractivity contribution in [2.75, 3.05) is 5.32 Å². The Morgan fingerprint density at radius 2 is 2.21 bits per heavy atom. The van der Waals surface area contributed by atoms with Gasteiger partial charge in [0.2, 0.25) is 0 Å². The molecule has 0 saturated carbocycles. The highest BCUT2D eigenvalue weighted by molar-refractivity contribution is 6.03. The molecule has 2 aromatic rings. The number of rotatable bonds is 3. The monoisotopic (exact) mass is 258 g/mol. The molecule has 0 atom stereocenters. The number of aromatic amines is 1. The molecule has 100 valence electrons. The molecule has 0 aliphatic heterocycles. The molecule has 19 heavy (non-hydrogen) atoms. The summed E-state index contributed by atoms with van der Waals surface area (Å²) in [5.41, 5.74) is 1.70. The Labute approximate surface area is 112 Å². The number of amides is 1. The minimum atomic E-state index is -0.207. The van der Waals surface area contributed by atoms with Crippen LogP contribution in [0.2, 0.25) is 0 Å². The number of nitrogens with zero attached hydrogens (tertiary/aromatic N) is 2. The van der Waals surface area contributed by atoms with Crippen molar-refractivity contribution in [3.05, 3.63) is 41.9 Å². The minimum Gasteiger partial charge on any atom is -0.305 e. The van der Waals surface area contributed by atoms with Gasteiger partial charge in [0, 0.05) is 24.2 Å². The van der Waals surface area contributed by atoms with E-state index in [4.69, 9.17) is 0 Å². The highest BCUT2D eigenvalue weighted by Gasteiger charge is 2.14. The zero-order valence-corrected chi connectivity index (χ0v) is 11.4. The van der Waals surface area contributed by atoms with Crippen molar-refractivity contribution >= 4 is 11.7 Å². The maximum Gasteiger partial charge on any atom is 0.258 e. The van der Waals surface area contributed by atoms with E-state index in [0.29, 0.717) is 11.4 Å². The average molecular weight is 258 g/mol. The normalized spacial score (nSPS) is 11.3. The first-order valence-electron chi connectivity index (χ1n) is 6.20. The fourth-order valence-electron chi connectivity index (χ4n) is 1.77. The topological polar surface area (TPSA) is 70.7 Å². The highest BCUT2D eigenvalue weighted by atomic mass is 16.1. The Morgan fingerprint density at radius 3 is 2.84 bits per heavy atom. The SMILES string of the molecule is CC(C)(C)Cc1cc(NC(=O)c2cccnc2)n[nH]1. The van der Waals surface area contributed by atoms with Gasteiger partial charge in [-0.05, 0) is 24.0 Å². The molecular weight excluding hydrogens is 240 g/mol. The van der Waals surface area contributed by atoms with Crippen LogP contribution in [0.4, 0.5) is 5.82 Å². The molecule has 0 spiro atoms. The van der Waals surface area contributed by atoms with Gasteiger partial charge in [0.1, 0.15) is 0 Å². The second kappa shape index (κ2) is 5.22. The molecule has 1 amide bonds. The van der Waals surface area contributed by atoms with E-state index in [2.05, 4.69) is 41.3 Å². The third-order valence-corrected chi connectivity index (χ3v) is 2.52. The molecule has 0 radical (unpaired) electrons. The van der Waals surface area contributed by atoms with E-state index in [9.17, 15) is 4.79 Å². The number of nitrogens with one attached hydrogen (secondary N) is 2. The molecular formula is C14H18N4O. The second-order valence-electron chi connectivity index (χ2n) is 5.71. The molecule has 0 unspecified atom stereocenters. The molecule has 2 rings (SSSR count). The van der Waals surface area contributed by atoms with E-state index in [1.807, 2.05) is 6.07 Å². The molecule has 5 nitrogen and oxygen atoms in total. The van der Waals surface area contributed by atoms with Crippen LogP contribution in [0.15, 0.2) is 30.6 Å². The largest absolute Gasteiger partial charge is 0.305 e. The van der Waals surface area contributed by atoms with Crippen molar-refractivity contribution in [2.24, 2.45) is 5.41 Å². The Hall–Kier alpha value is -2.17. The predicted octanol–water partition coefficient (Wildman–Crippen LogP) is 2.65. The Bertz CT molecular complexity index is 554. The van der Waals surface area contributed by atoms with Crippen LogP contribution in [0.3, 0.4) is 0 Å². The summed E-state index contributed by atoms with van der Waals surface area (Å²) in [4.78, 5) is 15.8. The second-order valence-corrected chi connectivity index (χ2v) is 5.71. The van der Waals surface area contributed by atoms with E-state index in [0.717, 1.165) is 12.1 Å². The third-order valence-electron chi connectivity index (χ3n) is 2.52. The summed E-state index contributed by atoms with van der Waals surface area (Å²) in [6.45, 7) is 6.46. The number of aromatic nitrogens is 3. The summed E-state index contributed by atoms with van der Waals surface area (Å²) < 4.78 is 0. The Balaban J connectivity index is 2.03. The standard InChI is InChI=1S/C14H18N4O/c1-14(2,3)8-11-7-12(18-17-11)16-13(19)10-5-4-6-15-9-10/h4-7,9H,8H2,1-3H3,(H2,16,17,18,19). The van der Waals surface area contributed by atoms with Crippen LogP contribution in [0.5, 0.6) is 0 Å². The quantitative estimate of drug-likeness (QED) is 0.889. The lowest BCUT2D eigenvalue weighted by molar-refractivity contribution is 0.102. The molecule has 0 aromatic carbocycles. The van der Waals surface area contributed by atoms with E-state index in [1.54, 1.807) is 18.3 Å². The fourth-order valence-corrected chi connectivity index (χ4v) is 1.77. The maximum atomic E-state index is 11.9. The Kier molecular flexibility index (Phi) is 3.64. The first-order chi connectivity index (χ1) is 8.94. The first kappa shape index (κ1) is 13.3. The van der Waals surface area contributed by atoms with Crippen molar-refractivity contribution in [1.82, 2.24) is 15.2 Å². The van der Waals surface area contributed by atoms with E-state index in [1.165, 1.54) is 6.20 Å². The summed E-state index contributed by atoms with van der Waals surface area (Å²) in [6, 6.07) is 5.30. The molecule has 0 aliphatic carbocycles. The van der Waals surface area contributed by atoms with Gasteiger partial charge in [-0.2, -0.15) is 5.10 Å². The minimum absolute atomic E-state index is 0.178. The van der Waals surface area contributed by atoms with Crippen LogP contribution in [0, 0.1) is 5.41 Å². The molecule has 0 fully saturated rings. The van der Waals surface area contributed by atoms with Crippen LogP contribution in [-0.2, 0) is 6.42 Å². The van der Waals surface area contributed by atoms with Crippen LogP contribution in [-0.4, -0.2) is 21.1 Å². The number of carbonyl (C=O) groups is 1. The fraction of sp³-hybridized carbons (Fsp3) is 0.357. The molecule has 2 aromatic heterocycles. The van der Waals surface area contributed by atoms with Gasteiger partial charge in [0.25, 0.3) is 5.91 Å². The lowest BCUT2D eigenvalue weighted by Crippen LogP contribution is -2.12. The van der Waals surface area contributed by atoms with Gasteiger partial charge >= 0.3 is 0 Å². The lowest BCUT2D eigenvalue weighted by atomic mass is 9.91. The van der Waals surface area contributed by atoms with Crippen molar-refractivity contribution in [3.8, 4) is 0 Å². The lowest BCUT2D eigenvalue weighted by Gasteiger charge is -2.15. The smallest absolute Gasteiger partial charge is 0.258 e. The first-order valence-corrected chi connectivity index (χ1v) is 6.20. The van der Waals surface area contributed by atoms with Gasteiger partial charge in [-0.15, -0.1) is 0 Å². The number of carbonyl (C=O) groups excluding carboxylic acids is 1. The van der Waals surface area contributed by atoms with Crippen LogP contribution in [0.1, 0.15) is 36.8 Å². The summed E-state index contributed by atoms with van der Waals surface area (Å²) >= 11 is 0. The molecule has 2 N–H and O–H groups in total. The van der Waals surface area contributed by atoms with E-state index >= 15 is 0 Å². The number of hydrogen-bond donors (Lipinski definition) is 2. The van der Waals surface area contributed by atoms with E-state index in [-0.39, 0.29) is 11.3 Å².